The average molecular weight is 168 g/mol. The van der Waals surface area contributed by atoms with Gasteiger partial charge in [-0.15, -0.1) is 0 Å². The molecule has 0 aliphatic heterocycles. The molecule has 1 rings (SSSR count). The van der Waals surface area contributed by atoms with Gasteiger partial charge in [-0.25, -0.2) is 0 Å². The van der Waals surface area contributed by atoms with Crippen LogP contribution in [-0.4, -0.2) is 13.0 Å². The minimum absolute atomic E-state index is 0.0321. The summed E-state index contributed by atoms with van der Waals surface area (Å²) in [6, 6.07) is 0. The number of carbonyl (C=O) groups excluding carboxylic acids is 1. The molecule has 1 radical (unpaired) electrons. The van der Waals surface area contributed by atoms with Crippen LogP contribution in [0.3, 0.4) is 0 Å². The highest BCUT2D eigenvalue weighted by atomic mass is 16.1. The number of hydrogen-bond acceptors (Lipinski definition) is 1. The summed E-state index contributed by atoms with van der Waals surface area (Å²) >= 11 is 0. The summed E-state index contributed by atoms with van der Waals surface area (Å²) in [4.78, 5) is 11.2. The van der Waals surface area contributed by atoms with Gasteiger partial charge in [-0.1, -0.05) is 19.3 Å². The zero-order valence-corrected chi connectivity index (χ0v) is 7.81. The molecule has 0 aromatic rings. The maximum atomic E-state index is 11.2. The second-order valence-corrected chi connectivity index (χ2v) is 3.62. The van der Waals surface area contributed by atoms with E-state index in [1.54, 1.807) is 7.05 Å². The molecule has 1 aliphatic rings. The molecular weight excluding hydrogens is 150 g/mol. The summed E-state index contributed by atoms with van der Waals surface area (Å²) in [5.41, 5.74) is 0. The Balaban J connectivity index is 2.39. The van der Waals surface area contributed by atoms with Gasteiger partial charge in [0.25, 0.3) is 0 Å². The van der Waals surface area contributed by atoms with Crippen LogP contribution in [0, 0.1) is 18.8 Å². The van der Waals surface area contributed by atoms with E-state index in [-0.39, 0.29) is 11.8 Å². The predicted octanol–water partition coefficient (Wildman–Crippen LogP) is 1.76. The average Bonchev–Trinajstić information content (AvgIpc) is 2.17. The maximum Gasteiger partial charge on any atom is 0.223 e. The summed E-state index contributed by atoms with van der Waals surface area (Å²) in [5.74, 6) is 0.593. The topological polar surface area (TPSA) is 29.1 Å². The Morgan fingerprint density at radius 1 is 1.42 bits per heavy atom. The summed E-state index contributed by atoms with van der Waals surface area (Å²) in [7, 11) is 1.68. The molecule has 12 heavy (non-hydrogen) atoms. The van der Waals surface area contributed by atoms with Crippen molar-refractivity contribution in [1.29, 1.82) is 0 Å². The molecule has 2 heteroatoms. The first-order chi connectivity index (χ1) is 5.75. The molecule has 0 spiro atoms. The van der Waals surface area contributed by atoms with E-state index in [1.807, 2.05) is 0 Å². The lowest BCUT2D eigenvalue weighted by Gasteiger charge is -2.26. The Labute approximate surface area is 74.7 Å². The molecule has 0 saturated heterocycles. The molecule has 0 heterocycles. The van der Waals surface area contributed by atoms with Crippen LogP contribution in [0.25, 0.3) is 0 Å². The lowest BCUT2D eigenvalue weighted by molar-refractivity contribution is -0.124. The van der Waals surface area contributed by atoms with Crippen LogP contribution in [0.2, 0.25) is 0 Å². The number of hydrogen-bond donors (Lipinski definition) is 1. The van der Waals surface area contributed by atoms with Crippen molar-refractivity contribution in [3.8, 4) is 0 Å². The lowest BCUT2D eigenvalue weighted by atomic mass is 9.80. The molecule has 1 amide bonds. The third-order valence-corrected chi connectivity index (χ3v) is 2.80. The first-order valence-electron chi connectivity index (χ1n) is 4.80. The number of rotatable bonds is 2. The minimum Gasteiger partial charge on any atom is -0.359 e. The third-order valence-electron chi connectivity index (χ3n) is 2.80. The molecule has 0 bridgehead atoms. The molecule has 2 nitrogen and oxygen atoms in total. The quantitative estimate of drug-likeness (QED) is 0.669. The number of amides is 1. The van der Waals surface area contributed by atoms with Gasteiger partial charge in [0.1, 0.15) is 0 Å². The molecule has 1 fully saturated rings. The van der Waals surface area contributed by atoms with Crippen molar-refractivity contribution >= 4 is 5.91 Å². The first kappa shape index (κ1) is 9.56. The second kappa shape index (κ2) is 4.48. The van der Waals surface area contributed by atoms with E-state index in [2.05, 4.69) is 12.2 Å². The van der Waals surface area contributed by atoms with Gasteiger partial charge in [0.15, 0.2) is 0 Å². The van der Waals surface area contributed by atoms with Gasteiger partial charge in [-0.3, -0.25) is 4.79 Å². The van der Waals surface area contributed by atoms with Crippen molar-refractivity contribution in [2.75, 3.05) is 7.05 Å². The Kier molecular flexibility index (Phi) is 3.57. The fourth-order valence-corrected chi connectivity index (χ4v) is 1.94. The molecule has 0 aromatic carbocycles. The van der Waals surface area contributed by atoms with E-state index in [9.17, 15) is 4.79 Å². The van der Waals surface area contributed by atoms with Crippen molar-refractivity contribution in [3.05, 3.63) is 6.92 Å². The van der Waals surface area contributed by atoms with E-state index in [0.717, 1.165) is 0 Å². The van der Waals surface area contributed by atoms with Gasteiger partial charge >= 0.3 is 0 Å². The normalized spacial score (nSPS) is 21.8. The molecular formula is C10H18NO. The molecule has 1 unspecified atom stereocenters. The van der Waals surface area contributed by atoms with Gasteiger partial charge in [-0.2, -0.15) is 0 Å². The van der Waals surface area contributed by atoms with Crippen molar-refractivity contribution in [3.63, 3.8) is 0 Å². The van der Waals surface area contributed by atoms with Gasteiger partial charge in [-0.05, 0) is 25.7 Å². The standard InChI is InChI=1S/C10H18NO/c1-8(10(12)11-2)9-6-4-3-5-7-9/h8-9H,1,3-7H2,2H3,(H,11,12). The molecule has 1 saturated carbocycles. The Morgan fingerprint density at radius 2 is 2.00 bits per heavy atom. The number of carbonyl (C=O) groups is 1. The van der Waals surface area contributed by atoms with E-state index in [4.69, 9.17) is 0 Å². The van der Waals surface area contributed by atoms with Crippen LogP contribution in [0.4, 0.5) is 0 Å². The van der Waals surface area contributed by atoms with Crippen LogP contribution in [0.15, 0.2) is 0 Å². The highest BCUT2D eigenvalue weighted by Crippen LogP contribution is 2.29. The third kappa shape index (κ3) is 2.23. The van der Waals surface area contributed by atoms with E-state index < -0.39 is 0 Å². The minimum atomic E-state index is -0.0321. The van der Waals surface area contributed by atoms with Crippen molar-refractivity contribution in [1.82, 2.24) is 5.32 Å². The van der Waals surface area contributed by atoms with Crippen molar-refractivity contribution in [2.45, 2.75) is 32.1 Å². The molecule has 1 atom stereocenters. The van der Waals surface area contributed by atoms with Crippen molar-refractivity contribution in [2.24, 2.45) is 11.8 Å². The predicted molar refractivity (Wildman–Crippen MR) is 49.5 cm³/mol. The van der Waals surface area contributed by atoms with Crippen LogP contribution in [0.1, 0.15) is 32.1 Å². The lowest BCUT2D eigenvalue weighted by Crippen LogP contribution is -2.31. The Bertz CT molecular complexity index is 150. The summed E-state index contributed by atoms with van der Waals surface area (Å²) < 4.78 is 0. The highest BCUT2D eigenvalue weighted by Gasteiger charge is 2.24. The molecule has 1 aliphatic carbocycles. The van der Waals surface area contributed by atoms with Gasteiger partial charge < -0.3 is 5.32 Å². The maximum absolute atomic E-state index is 11.2. The zero-order chi connectivity index (χ0) is 8.97. The zero-order valence-electron chi connectivity index (χ0n) is 7.81. The fraction of sp³-hybridized carbons (Fsp3) is 0.800. The van der Waals surface area contributed by atoms with Gasteiger partial charge in [0.05, 0.1) is 0 Å². The van der Waals surface area contributed by atoms with Crippen LogP contribution in [0.5, 0.6) is 0 Å². The van der Waals surface area contributed by atoms with Crippen LogP contribution in [-0.2, 0) is 4.79 Å². The first-order valence-corrected chi connectivity index (χ1v) is 4.80. The molecule has 0 aromatic heterocycles. The fourth-order valence-electron chi connectivity index (χ4n) is 1.94. The Hall–Kier alpha value is -0.530. The van der Waals surface area contributed by atoms with E-state index in [0.29, 0.717) is 5.92 Å². The summed E-state index contributed by atoms with van der Waals surface area (Å²) in [6.07, 6.45) is 6.24. The van der Waals surface area contributed by atoms with Crippen LogP contribution >= 0.6 is 0 Å². The summed E-state index contributed by atoms with van der Waals surface area (Å²) in [5, 5.41) is 2.66. The smallest absolute Gasteiger partial charge is 0.223 e. The van der Waals surface area contributed by atoms with E-state index in [1.165, 1.54) is 32.1 Å². The number of nitrogens with one attached hydrogen (secondary N) is 1. The monoisotopic (exact) mass is 168 g/mol. The van der Waals surface area contributed by atoms with Gasteiger partial charge in [0.2, 0.25) is 5.91 Å². The largest absolute Gasteiger partial charge is 0.359 e. The molecule has 69 valence electrons. The Morgan fingerprint density at radius 3 is 2.50 bits per heavy atom. The van der Waals surface area contributed by atoms with E-state index >= 15 is 0 Å². The highest BCUT2D eigenvalue weighted by molar-refractivity contribution is 5.79. The summed E-state index contributed by atoms with van der Waals surface area (Å²) in [6.45, 7) is 3.92. The van der Waals surface area contributed by atoms with Crippen LogP contribution < -0.4 is 5.32 Å². The molecule has 1 N–H and O–H groups in total. The second-order valence-electron chi connectivity index (χ2n) is 3.62. The van der Waals surface area contributed by atoms with Gasteiger partial charge in [0, 0.05) is 13.0 Å². The van der Waals surface area contributed by atoms with Crippen molar-refractivity contribution < 1.29 is 4.79 Å². The SMILES string of the molecule is [CH2]C(C(=O)NC)C1CCCCC1.